The number of carbonyl (C=O) groups excluding carboxylic acids is 2. The molecule has 0 aliphatic carbocycles. The van der Waals surface area contributed by atoms with Crippen LogP contribution in [-0.2, 0) is 9.59 Å². The molecule has 1 saturated heterocycles. The van der Waals surface area contributed by atoms with Gasteiger partial charge in [0.25, 0.3) is 5.91 Å². The molecular weight excluding hydrogens is 368 g/mol. The summed E-state index contributed by atoms with van der Waals surface area (Å²) in [5.74, 6) is -3.11. The molecule has 2 atom stereocenters. The van der Waals surface area contributed by atoms with Gasteiger partial charge in [0, 0.05) is 15.7 Å². The molecule has 9 heteroatoms. The van der Waals surface area contributed by atoms with Crippen molar-refractivity contribution in [3.05, 3.63) is 28.2 Å². The Bertz CT molecular complexity index is 659. The monoisotopic (exact) mass is 382 g/mol. The minimum absolute atomic E-state index is 0.237. The average Bonchev–Trinajstić information content (AvgIpc) is 2.68. The quantitative estimate of drug-likeness (QED) is 0.772. The van der Waals surface area contributed by atoms with Crippen molar-refractivity contribution in [3.63, 3.8) is 0 Å². The van der Waals surface area contributed by atoms with Crippen molar-refractivity contribution in [2.75, 3.05) is 4.90 Å². The molecule has 2 amide bonds. The summed E-state index contributed by atoms with van der Waals surface area (Å²) >= 11 is 11.9. The zero-order chi connectivity index (χ0) is 18.4. The molecule has 1 fully saturated rings. The summed E-state index contributed by atoms with van der Waals surface area (Å²) in [6.45, 7) is 4.53. The topological polar surface area (TPSA) is 40.6 Å². The lowest BCUT2D eigenvalue weighted by Crippen LogP contribution is -2.51. The molecule has 4 nitrogen and oxygen atoms in total. The van der Waals surface area contributed by atoms with Crippen molar-refractivity contribution < 1.29 is 22.8 Å². The fourth-order valence-corrected chi connectivity index (χ4v) is 3.34. The van der Waals surface area contributed by atoms with Crippen LogP contribution in [0.1, 0.15) is 20.8 Å². The SMILES string of the molecule is CC(C)C1N(c2cc(Cl)cc(Cl)c2)C(=O)C(C)N1C(=O)C(F)(F)F. The maximum absolute atomic E-state index is 12.9. The highest BCUT2D eigenvalue weighted by Gasteiger charge is 2.55. The number of alkyl halides is 3. The molecule has 1 aliphatic rings. The molecule has 1 aromatic carbocycles. The Balaban J connectivity index is 2.55. The molecule has 0 saturated carbocycles. The van der Waals surface area contributed by atoms with Crippen LogP contribution in [0.5, 0.6) is 0 Å². The average molecular weight is 383 g/mol. The molecule has 0 bridgehead atoms. The summed E-state index contributed by atoms with van der Waals surface area (Å²) in [6.07, 6.45) is -6.15. The first-order valence-corrected chi connectivity index (χ1v) is 7.89. The normalized spacial score (nSPS) is 21.8. The molecule has 2 rings (SSSR count). The van der Waals surface area contributed by atoms with Gasteiger partial charge in [0.1, 0.15) is 12.2 Å². The standard InChI is InChI=1S/C15H15Cl2F3N2O2/c1-7(2)12-21(14(24)15(18,19)20)8(3)13(23)22(12)11-5-9(16)4-10(17)6-11/h4-8,12H,1-3H3. The third-order valence-electron chi connectivity index (χ3n) is 3.76. The maximum atomic E-state index is 12.9. The second-order valence-electron chi connectivity index (χ2n) is 5.88. The lowest BCUT2D eigenvalue weighted by atomic mass is 10.1. The summed E-state index contributed by atoms with van der Waals surface area (Å²) in [5, 5.41) is 0.474. The van der Waals surface area contributed by atoms with Crippen LogP contribution in [0.3, 0.4) is 0 Å². The molecule has 132 valence electrons. The lowest BCUT2D eigenvalue weighted by molar-refractivity contribution is -0.189. The Labute approximate surface area is 147 Å². The van der Waals surface area contributed by atoms with Gasteiger partial charge in [-0.1, -0.05) is 37.0 Å². The van der Waals surface area contributed by atoms with Gasteiger partial charge in [0.05, 0.1) is 0 Å². The number of halogens is 5. The smallest absolute Gasteiger partial charge is 0.302 e. The Hall–Kier alpha value is -1.47. The molecule has 24 heavy (non-hydrogen) atoms. The highest BCUT2D eigenvalue weighted by Crippen LogP contribution is 2.37. The predicted molar refractivity (Wildman–Crippen MR) is 84.9 cm³/mol. The first-order chi connectivity index (χ1) is 10.9. The van der Waals surface area contributed by atoms with E-state index >= 15 is 0 Å². The molecule has 1 aromatic rings. The van der Waals surface area contributed by atoms with Crippen molar-refractivity contribution in [1.29, 1.82) is 0 Å². The third kappa shape index (κ3) is 3.32. The Morgan fingerprint density at radius 3 is 2.08 bits per heavy atom. The first-order valence-electron chi connectivity index (χ1n) is 7.13. The van der Waals surface area contributed by atoms with Crippen LogP contribution >= 0.6 is 23.2 Å². The number of nitrogens with zero attached hydrogens (tertiary/aromatic N) is 2. The number of rotatable bonds is 2. The Kier molecular flexibility index (Phi) is 5.06. The molecular formula is C15H15Cl2F3N2O2. The van der Waals surface area contributed by atoms with E-state index in [4.69, 9.17) is 23.2 Å². The molecule has 0 aromatic heterocycles. The molecule has 1 heterocycles. The van der Waals surface area contributed by atoms with Gasteiger partial charge in [-0.2, -0.15) is 13.2 Å². The van der Waals surface area contributed by atoms with E-state index in [1.807, 2.05) is 0 Å². The number of hydrogen-bond donors (Lipinski definition) is 0. The van der Waals surface area contributed by atoms with Gasteiger partial charge in [0.2, 0.25) is 0 Å². The number of amides is 2. The number of benzene rings is 1. The second kappa shape index (κ2) is 6.44. The van der Waals surface area contributed by atoms with E-state index in [-0.39, 0.29) is 15.7 Å². The number of anilines is 1. The largest absolute Gasteiger partial charge is 0.471 e. The second-order valence-corrected chi connectivity index (χ2v) is 6.75. The van der Waals surface area contributed by atoms with Crippen molar-refractivity contribution in [2.45, 2.75) is 39.2 Å². The van der Waals surface area contributed by atoms with Crippen LogP contribution in [0.25, 0.3) is 0 Å². The van der Waals surface area contributed by atoms with Crippen LogP contribution in [0.15, 0.2) is 18.2 Å². The first kappa shape index (κ1) is 18.9. The number of hydrogen-bond acceptors (Lipinski definition) is 2. The zero-order valence-electron chi connectivity index (χ0n) is 13.1. The van der Waals surface area contributed by atoms with E-state index in [9.17, 15) is 22.8 Å². The summed E-state index contributed by atoms with van der Waals surface area (Å²) in [7, 11) is 0. The lowest BCUT2D eigenvalue weighted by Gasteiger charge is -2.34. The van der Waals surface area contributed by atoms with Gasteiger partial charge in [-0.3, -0.25) is 14.5 Å². The highest BCUT2D eigenvalue weighted by atomic mass is 35.5. The molecule has 0 spiro atoms. The van der Waals surface area contributed by atoms with Gasteiger partial charge in [0.15, 0.2) is 0 Å². The van der Waals surface area contributed by atoms with Crippen LogP contribution in [0.2, 0.25) is 10.0 Å². The zero-order valence-corrected chi connectivity index (χ0v) is 14.6. The molecule has 2 unspecified atom stereocenters. The van der Waals surface area contributed by atoms with E-state index in [1.165, 1.54) is 25.1 Å². The van der Waals surface area contributed by atoms with Crippen LogP contribution in [0.4, 0.5) is 18.9 Å². The summed E-state index contributed by atoms with van der Waals surface area (Å²) in [6, 6.07) is 3.05. The van der Waals surface area contributed by atoms with Crippen LogP contribution in [-0.4, -0.2) is 35.1 Å². The van der Waals surface area contributed by atoms with Gasteiger partial charge in [-0.15, -0.1) is 0 Å². The molecule has 0 N–H and O–H groups in total. The van der Waals surface area contributed by atoms with Crippen molar-refractivity contribution in [2.24, 2.45) is 5.92 Å². The minimum atomic E-state index is -5.07. The van der Waals surface area contributed by atoms with E-state index in [1.54, 1.807) is 13.8 Å². The van der Waals surface area contributed by atoms with Gasteiger partial charge < -0.3 is 4.90 Å². The van der Waals surface area contributed by atoms with Crippen molar-refractivity contribution >= 4 is 40.7 Å². The van der Waals surface area contributed by atoms with Gasteiger partial charge in [-0.25, -0.2) is 0 Å². The van der Waals surface area contributed by atoms with E-state index in [0.717, 1.165) is 4.90 Å². The van der Waals surface area contributed by atoms with E-state index < -0.39 is 36.1 Å². The van der Waals surface area contributed by atoms with Crippen molar-refractivity contribution in [3.8, 4) is 0 Å². The van der Waals surface area contributed by atoms with E-state index in [2.05, 4.69) is 0 Å². The van der Waals surface area contributed by atoms with Crippen LogP contribution < -0.4 is 4.90 Å². The summed E-state index contributed by atoms with van der Waals surface area (Å²) in [4.78, 5) is 26.1. The van der Waals surface area contributed by atoms with Gasteiger partial charge >= 0.3 is 12.1 Å². The van der Waals surface area contributed by atoms with E-state index in [0.29, 0.717) is 4.90 Å². The summed E-state index contributed by atoms with van der Waals surface area (Å²) < 4.78 is 38.8. The Morgan fingerprint density at radius 2 is 1.67 bits per heavy atom. The predicted octanol–water partition coefficient (Wildman–Crippen LogP) is 4.10. The fourth-order valence-electron chi connectivity index (χ4n) is 2.82. The van der Waals surface area contributed by atoms with Crippen molar-refractivity contribution in [1.82, 2.24) is 4.90 Å². The maximum Gasteiger partial charge on any atom is 0.471 e. The van der Waals surface area contributed by atoms with Gasteiger partial charge in [-0.05, 0) is 31.0 Å². The number of carbonyl (C=O) groups is 2. The summed E-state index contributed by atoms with van der Waals surface area (Å²) in [5.41, 5.74) is 0.250. The molecule has 0 radical (unpaired) electrons. The highest BCUT2D eigenvalue weighted by molar-refractivity contribution is 6.35. The fraction of sp³-hybridized carbons (Fsp3) is 0.467. The Morgan fingerprint density at radius 1 is 1.17 bits per heavy atom. The minimum Gasteiger partial charge on any atom is -0.302 e. The van der Waals surface area contributed by atoms with Crippen LogP contribution in [0, 0.1) is 5.92 Å². The molecule has 1 aliphatic heterocycles. The third-order valence-corrected chi connectivity index (χ3v) is 4.20.